The molecule has 0 aliphatic rings. The molecule has 558 valence electrons. The topological polar surface area (TPSA) is 237 Å². The smallest absolute Gasteiger partial charge is 0.462 e. The molecule has 3 N–H and O–H groups in total. The number of carbonyl (C=O) groups excluding carboxylic acids is 4. The van der Waals surface area contributed by atoms with Gasteiger partial charge in [0.05, 0.1) is 26.4 Å². The van der Waals surface area contributed by atoms with E-state index >= 15 is 0 Å². The number of unbranched alkanes of at least 4 members (excludes halogenated alkanes) is 47. The van der Waals surface area contributed by atoms with Crippen LogP contribution in [-0.4, -0.2) is 96.7 Å². The number of aliphatic hydroxyl groups excluding tert-OH is 1. The molecule has 0 aliphatic heterocycles. The Morgan fingerprint density at radius 3 is 0.723 bits per heavy atom. The van der Waals surface area contributed by atoms with E-state index in [1.165, 1.54) is 212 Å². The summed E-state index contributed by atoms with van der Waals surface area (Å²) >= 11 is 0. The van der Waals surface area contributed by atoms with Gasteiger partial charge >= 0.3 is 39.5 Å². The van der Waals surface area contributed by atoms with E-state index in [2.05, 4.69) is 34.6 Å². The summed E-state index contributed by atoms with van der Waals surface area (Å²) < 4.78 is 68.5. The average molecular weight is 1380 g/mol. The van der Waals surface area contributed by atoms with Crippen molar-refractivity contribution in [1.29, 1.82) is 0 Å². The highest BCUT2D eigenvalue weighted by Gasteiger charge is 2.30. The molecule has 0 spiro atoms. The third-order valence-electron chi connectivity index (χ3n) is 17.5. The quantitative estimate of drug-likeness (QED) is 0.0222. The van der Waals surface area contributed by atoms with Gasteiger partial charge in [0.2, 0.25) is 0 Å². The fraction of sp³-hybridized carbons (Fsp3) is 0.947. The minimum absolute atomic E-state index is 0.107. The van der Waals surface area contributed by atoms with Gasteiger partial charge in [-0.2, -0.15) is 0 Å². The van der Waals surface area contributed by atoms with Crippen molar-refractivity contribution < 1.29 is 80.2 Å². The highest BCUT2D eigenvalue weighted by atomic mass is 31.2. The summed E-state index contributed by atoms with van der Waals surface area (Å²) in [6, 6.07) is 0. The maximum atomic E-state index is 13.1. The Morgan fingerprint density at radius 1 is 0.287 bits per heavy atom. The number of phosphoric acid groups is 2. The van der Waals surface area contributed by atoms with Gasteiger partial charge in [-0.1, -0.05) is 343 Å². The fourth-order valence-electron chi connectivity index (χ4n) is 11.5. The fourth-order valence-corrected chi connectivity index (χ4v) is 13.1. The Hall–Kier alpha value is -1.94. The molecule has 0 aromatic heterocycles. The van der Waals surface area contributed by atoms with Crippen LogP contribution in [0.5, 0.6) is 0 Å². The Labute approximate surface area is 575 Å². The van der Waals surface area contributed by atoms with Crippen LogP contribution < -0.4 is 0 Å². The van der Waals surface area contributed by atoms with Gasteiger partial charge in [0, 0.05) is 25.7 Å². The standard InChI is InChI=1S/C75H146O17P2/c1-6-9-12-15-18-21-24-26-28-29-30-32-34-37-40-45-51-56-61-75(80)91-70(64-85-72(77)58-53-48-43-38-36-33-31-27-25-22-19-16-13-10-7-2)66-89-93(81,82)87-62-69(76)63-88-94(83,84)90-67-71(65-86-73(78)59-54-49-46-41-42-47-52-57-68(4)5)92-74(79)60-55-50-44-39-35-23-20-17-14-11-8-3/h68-71,76H,6-67H2,1-5H3,(H,81,82)(H,83,84)/t69-,70-,71-/m1/s1. The van der Waals surface area contributed by atoms with Crippen LogP contribution in [0.25, 0.3) is 0 Å². The van der Waals surface area contributed by atoms with Gasteiger partial charge < -0.3 is 33.8 Å². The van der Waals surface area contributed by atoms with Crippen molar-refractivity contribution in [2.45, 2.75) is 412 Å². The number of phosphoric ester groups is 2. The normalized spacial score (nSPS) is 14.0. The van der Waals surface area contributed by atoms with Crippen molar-refractivity contribution in [2.24, 2.45) is 5.92 Å². The monoisotopic (exact) mass is 1380 g/mol. The molecule has 5 atom stereocenters. The van der Waals surface area contributed by atoms with E-state index in [-0.39, 0.29) is 25.7 Å². The Morgan fingerprint density at radius 2 is 0.489 bits per heavy atom. The molecule has 94 heavy (non-hydrogen) atoms. The van der Waals surface area contributed by atoms with Crippen molar-refractivity contribution in [3.05, 3.63) is 0 Å². The molecule has 2 unspecified atom stereocenters. The van der Waals surface area contributed by atoms with Crippen LogP contribution >= 0.6 is 15.6 Å². The molecule has 0 heterocycles. The Bertz CT molecular complexity index is 1810. The van der Waals surface area contributed by atoms with E-state index in [1.54, 1.807) is 0 Å². The van der Waals surface area contributed by atoms with Gasteiger partial charge in [-0.05, 0) is 31.6 Å². The summed E-state index contributed by atoms with van der Waals surface area (Å²) in [5, 5.41) is 10.6. The predicted molar refractivity (Wildman–Crippen MR) is 382 cm³/mol. The summed E-state index contributed by atoms with van der Waals surface area (Å²) in [5.74, 6) is -1.41. The number of ether oxygens (including phenoxy) is 4. The SMILES string of the molecule is CCCCCCCCCCCCCCCCCCCCC(=O)O[C@H](COC(=O)CCCCCCCCCCCCCCCCC)COP(=O)(O)OC[C@@H](O)COP(=O)(O)OC[C@@H](COC(=O)CCCCCCCCCC(C)C)OC(=O)CCCCCCCCCCCCC. The molecular weight excluding hydrogens is 1230 g/mol. The zero-order valence-electron chi connectivity index (χ0n) is 61.1. The van der Waals surface area contributed by atoms with Crippen molar-refractivity contribution in [3.8, 4) is 0 Å². The van der Waals surface area contributed by atoms with Crippen molar-refractivity contribution in [3.63, 3.8) is 0 Å². The lowest BCUT2D eigenvalue weighted by Gasteiger charge is -2.21. The minimum Gasteiger partial charge on any atom is -0.462 e. The zero-order valence-corrected chi connectivity index (χ0v) is 62.9. The first-order valence-electron chi connectivity index (χ1n) is 39.1. The van der Waals surface area contributed by atoms with E-state index in [9.17, 15) is 43.2 Å². The Kier molecular flexibility index (Phi) is 66.8. The first-order chi connectivity index (χ1) is 45.5. The first kappa shape index (κ1) is 92.1. The molecule has 0 saturated carbocycles. The summed E-state index contributed by atoms with van der Waals surface area (Å²) in [4.78, 5) is 72.7. The van der Waals surface area contributed by atoms with Crippen LogP contribution in [0.1, 0.15) is 394 Å². The molecule has 0 fully saturated rings. The summed E-state index contributed by atoms with van der Waals surface area (Å²) in [5.41, 5.74) is 0. The van der Waals surface area contributed by atoms with Gasteiger partial charge in [0.1, 0.15) is 19.3 Å². The Balaban J connectivity index is 5.23. The third-order valence-corrected chi connectivity index (χ3v) is 19.4. The van der Waals surface area contributed by atoms with E-state index < -0.39 is 97.5 Å². The highest BCUT2D eigenvalue weighted by Crippen LogP contribution is 2.45. The van der Waals surface area contributed by atoms with Gasteiger partial charge in [-0.3, -0.25) is 37.3 Å². The first-order valence-corrected chi connectivity index (χ1v) is 42.1. The lowest BCUT2D eigenvalue weighted by Crippen LogP contribution is -2.30. The number of hydrogen-bond acceptors (Lipinski definition) is 15. The number of esters is 4. The van der Waals surface area contributed by atoms with E-state index in [4.69, 9.17) is 37.0 Å². The molecule has 0 aliphatic carbocycles. The van der Waals surface area contributed by atoms with Crippen LogP contribution in [0.3, 0.4) is 0 Å². The average Bonchev–Trinajstić information content (AvgIpc) is 1.58. The lowest BCUT2D eigenvalue weighted by molar-refractivity contribution is -0.161. The van der Waals surface area contributed by atoms with Crippen molar-refractivity contribution in [1.82, 2.24) is 0 Å². The highest BCUT2D eigenvalue weighted by molar-refractivity contribution is 7.47. The van der Waals surface area contributed by atoms with Crippen LogP contribution in [-0.2, 0) is 65.4 Å². The molecule has 17 nitrogen and oxygen atoms in total. The molecule has 0 aromatic carbocycles. The molecule has 0 aromatic rings. The van der Waals surface area contributed by atoms with Crippen molar-refractivity contribution >= 4 is 39.5 Å². The zero-order chi connectivity index (χ0) is 69.1. The number of aliphatic hydroxyl groups is 1. The lowest BCUT2D eigenvalue weighted by atomic mass is 10.0. The molecule has 0 rings (SSSR count). The summed E-state index contributed by atoms with van der Waals surface area (Å²) in [7, 11) is -9.91. The summed E-state index contributed by atoms with van der Waals surface area (Å²) in [6.07, 6.45) is 56.9. The second-order valence-electron chi connectivity index (χ2n) is 27.5. The molecule has 0 bridgehead atoms. The maximum Gasteiger partial charge on any atom is 0.472 e. The van der Waals surface area contributed by atoms with Gasteiger partial charge in [0.15, 0.2) is 12.2 Å². The number of rotatable bonds is 75. The maximum absolute atomic E-state index is 13.1. The molecular formula is C75H146O17P2. The van der Waals surface area contributed by atoms with Gasteiger partial charge in [-0.15, -0.1) is 0 Å². The van der Waals surface area contributed by atoms with Crippen LogP contribution in [0.15, 0.2) is 0 Å². The third kappa shape index (κ3) is 68.6. The largest absolute Gasteiger partial charge is 0.472 e. The van der Waals surface area contributed by atoms with E-state index in [1.807, 2.05) is 0 Å². The second kappa shape index (κ2) is 68.2. The molecule has 19 heteroatoms. The van der Waals surface area contributed by atoms with Crippen LogP contribution in [0.2, 0.25) is 0 Å². The van der Waals surface area contributed by atoms with Gasteiger partial charge in [-0.25, -0.2) is 9.13 Å². The van der Waals surface area contributed by atoms with E-state index in [0.717, 1.165) is 96.3 Å². The molecule has 0 saturated heterocycles. The van der Waals surface area contributed by atoms with Crippen LogP contribution in [0.4, 0.5) is 0 Å². The minimum atomic E-state index is -4.96. The second-order valence-corrected chi connectivity index (χ2v) is 30.4. The van der Waals surface area contributed by atoms with Crippen LogP contribution in [0, 0.1) is 5.92 Å². The summed E-state index contributed by atoms with van der Waals surface area (Å²) in [6.45, 7) is 7.23. The molecule has 0 amide bonds. The molecule has 0 radical (unpaired) electrons. The predicted octanol–water partition coefficient (Wildman–Crippen LogP) is 22.1. The van der Waals surface area contributed by atoms with Crippen molar-refractivity contribution in [2.75, 3.05) is 39.6 Å². The van der Waals surface area contributed by atoms with Gasteiger partial charge in [0.25, 0.3) is 0 Å². The van der Waals surface area contributed by atoms with E-state index in [0.29, 0.717) is 31.6 Å². The number of carbonyl (C=O) groups is 4. The number of hydrogen-bond donors (Lipinski definition) is 3.